The summed E-state index contributed by atoms with van der Waals surface area (Å²) in [5.41, 5.74) is 7.58. The molecule has 0 spiro atoms. The number of amides is 2. The van der Waals surface area contributed by atoms with E-state index in [1.165, 1.54) is 6.26 Å². The molecular formula is C17H22ClN3O3. The van der Waals surface area contributed by atoms with Gasteiger partial charge in [0.15, 0.2) is 0 Å². The molecule has 130 valence electrons. The molecule has 0 bridgehead atoms. The van der Waals surface area contributed by atoms with E-state index in [-0.39, 0.29) is 30.8 Å². The van der Waals surface area contributed by atoms with E-state index in [0.717, 1.165) is 17.7 Å². The van der Waals surface area contributed by atoms with Gasteiger partial charge in [-0.3, -0.25) is 9.59 Å². The Morgan fingerprint density at radius 1 is 1.21 bits per heavy atom. The number of nitrogens with one attached hydrogen (secondary N) is 2. The van der Waals surface area contributed by atoms with Crippen molar-refractivity contribution in [1.82, 2.24) is 5.32 Å². The summed E-state index contributed by atoms with van der Waals surface area (Å²) in [6, 6.07) is 8.99. The lowest BCUT2D eigenvalue weighted by Crippen LogP contribution is -2.22. The molecular weight excluding hydrogens is 330 g/mol. The van der Waals surface area contributed by atoms with Crippen molar-refractivity contribution in [3.05, 3.63) is 53.5 Å². The topological polar surface area (TPSA) is 97.4 Å². The monoisotopic (exact) mass is 351 g/mol. The number of hydrogen-bond acceptors (Lipinski definition) is 4. The fourth-order valence-corrected chi connectivity index (χ4v) is 2.05. The molecule has 1 heterocycles. The molecule has 1 aromatic carbocycles. The quantitative estimate of drug-likeness (QED) is 0.714. The average Bonchev–Trinajstić information content (AvgIpc) is 3.03. The van der Waals surface area contributed by atoms with Gasteiger partial charge in [0, 0.05) is 18.7 Å². The van der Waals surface area contributed by atoms with Crippen LogP contribution in [0, 0.1) is 0 Å². The van der Waals surface area contributed by atoms with Crippen LogP contribution in [0.25, 0.3) is 0 Å². The smallest absolute Gasteiger partial charge is 0.254 e. The lowest BCUT2D eigenvalue weighted by Gasteiger charge is -2.07. The largest absolute Gasteiger partial charge is 0.467 e. The molecule has 2 rings (SSSR count). The van der Waals surface area contributed by atoms with E-state index in [9.17, 15) is 9.59 Å². The number of rotatable bonds is 7. The molecule has 24 heavy (non-hydrogen) atoms. The highest BCUT2D eigenvalue weighted by molar-refractivity contribution is 5.94. The molecule has 4 N–H and O–H groups in total. The van der Waals surface area contributed by atoms with Crippen molar-refractivity contribution in [1.29, 1.82) is 0 Å². The molecule has 0 saturated carbocycles. The lowest BCUT2D eigenvalue weighted by atomic mass is 10.2. The van der Waals surface area contributed by atoms with Gasteiger partial charge < -0.3 is 20.8 Å². The third kappa shape index (κ3) is 5.72. The maximum Gasteiger partial charge on any atom is 0.254 e. The molecule has 6 nitrogen and oxygen atoms in total. The Bertz CT molecular complexity index is 668. The number of benzene rings is 1. The summed E-state index contributed by atoms with van der Waals surface area (Å²) in [6.45, 7) is 2.62. The van der Waals surface area contributed by atoms with Crippen LogP contribution in [0.2, 0.25) is 0 Å². The summed E-state index contributed by atoms with van der Waals surface area (Å²) < 4.78 is 5.13. The first-order chi connectivity index (χ1) is 11.1. The zero-order chi connectivity index (χ0) is 16.7. The van der Waals surface area contributed by atoms with Crippen LogP contribution in [0.15, 0.2) is 41.0 Å². The highest BCUT2D eigenvalue weighted by atomic mass is 35.5. The second-order valence-electron chi connectivity index (χ2n) is 5.18. The van der Waals surface area contributed by atoms with E-state index >= 15 is 0 Å². The fourth-order valence-electron chi connectivity index (χ4n) is 2.05. The van der Waals surface area contributed by atoms with Crippen LogP contribution in [-0.2, 0) is 17.9 Å². The molecule has 0 unspecified atom stereocenters. The second kappa shape index (κ2) is 9.75. The molecule has 0 saturated heterocycles. The van der Waals surface area contributed by atoms with Crippen LogP contribution >= 0.6 is 12.4 Å². The van der Waals surface area contributed by atoms with Crippen LogP contribution < -0.4 is 16.4 Å². The first-order valence-corrected chi connectivity index (χ1v) is 7.57. The summed E-state index contributed by atoms with van der Waals surface area (Å²) in [5, 5.41) is 5.63. The summed E-state index contributed by atoms with van der Waals surface area (Å²) in [4.78, 5) is 23.5. The zero-order valence-electron chi connectivity index (χ0n) is 13.5. The number of nitrogens with two attached hydrogens (primary N) is 1. The highest BCUT2D eigenvalue weighted by Gasteiger charge is 2.09. The Morgan fingerprint density at radius 3 is 2.50 bits per heavy atom. The number of hydrogen-bond donors (Lipinski definition) is 3. The number of carbonyl (C=O) groups is 2. The number of carbonyl (C=O) groups excluding carboxylic acids is 2. The maximum absolute atomic E-state index is 12.0. The van der Waals surface area contributed by atoms with Crippen molar-refractivity contribution in [2.75, 3.05) is 5.32 Å². The summed E-state index contributed by atoms with van der Waals surface area (Å²) in [6.07, 6.45) is 2.72. The second-order valence-corrected chi connectivity index (χ2v) is 5.18. The van der Waals surface area contributed by atoms with Crippen LogP contribution in [0.3, 0.4) is 0 Å². The van der Waals surface area contributed by atoms with Crippen molar-refractivity contribution in [2.24, 2.45) is 5.73 Å². The summed E-state index contributed by atoms with van der Waals surface area (Å²) in [5.74, 6) is 0.361. The predicted molar refractivity (Wildman–Crippen MR) is 95.0 cm³/mol. The molecule has 0 aliphatic rings. The minimum absolute atomic E-state index is 0. The van der Waals surface area contributed by atoms with E-state index in [1.54, 1.807) is 6.07 Å². The number of furan rings is 1. The molecule has 0 fully saturated rings. The molecule has 7 heteroatoms. The van der Waals surface area contributed by atoms with Crippen LogP contribution in [0.5, 0.6) is 0 Å². The van der Waals surface area contributed by atoms with E-state index in [4.69, 9.17) is 10.2 Å². The van der Waals surface area contributed by atoms with E-state index in [1.807, 2.05) is 31.2 Å². The van der Waals surface area contributed by atoms with Crippen molar-refractivity contribution in [3.8, 4) is 0 Å². The average molecular weight is 352 g/mol. The molecule has 1 aromatic heterocycles. The van der Waals surface area contributed by atoms with Gasteiger partial charge in [-0.15, -0.1) is 12.4 Å². The Kier molecular flexibility index (Phi) is 8.01. The van der Waals surface area contributed by atoms with Crippen molar-refractivity contribution in [2.45, 2.75) is 32.9 Å². The summed E-state index contributed by atoms with van der Waals surface area (Å²) >= 11 is 0. The first kappa shape index (κ1) is 19.7. The lowest BCUT2D eigenvalue weighted by molar-refractivity contribution is -0.116. The molecule has 0 atom stereocenters. The third-order valence-corrected chi connectivity index (χ3v) is 3.28. The van der Waals surface area contributed by atoms with Gasteiger partial charge in [-0.05, 0) is 30.2 Å². The van der Waals surface area contributed by atoms with Gasteiger partial charge in [0.2, 0.25) is 5.91 Å². The zero-order valence-corrected chi connectivity index (χ0v) is 14.3. The van der Waals surface area contributed by atoms with Crippen molar-refractivity contribution >= 4 is 29.9 Å². The summed E-state index contributed by atoms with van der Waals surface area (Å²) in [7, 11) is 0. The van der Waals surface area contributed by atoms with Crippen molar-refractivity contribution < 1.29 is 14.0 Å². The standard InChI is InChI=1S/C17H21N3O3.ClH/c1-2-3-16(21)20-14-6-4-12(5-7-14)10-19-17(22)13-8-15(9-18)23-11-13;/h4-8,11H,2-3,9-10,18H2,1H3,(H,19,22)(H,20,21);1H. The van der Waals surface area contributed by atoms with Crippen LogP contribution in [-0.4, -0.2) is 11.8 Å². The van der Waals surface area contributed by atoms with Crippen molar-refractivity contribution in [3.63, 3.8) is 0 Å². The van der Waals surface area contributed by atoms with Gasteiger partial charge in [0.05, 0.1) is 12.1 Å². The third-order valence-electron chi connectivity index (χ3n) is 3.28. The van der Waals surface area contributed by atoms with Gasteiger partial charge in [0.25, 0.3) is 5.91 Å². The van der Waals surface area contributed by atoms with Gasteiger partial charge in [-0.25, -0.2) is 0 Å². The van der Waals surface area contributed by atoms with E-state index in [0.29, 0.717) is 24.3 Å². The Hall–Kier alpha value is -2.31. The molecule has 2 aromatic rings. The SMILES string of the molecule is CCCC(=O)Nc1ccc(CNC(=O)c2coc(CN)c2)cc1.Cl. The molecule has 2 amide bonds. The number of halogens is 1. The highest BCUT2D eigenvalue weighted by Crippen LogP contribution is 2.11. The maximum atomic E-state index is 12.0. The van der Waals surface area contributed by atoms with E-state index in [2.05, 4.69) is 10.6 Å². The minimum atomic E-state index is -0.214. The Morgan fingerprint density at radius 2 is 1.92 bits per heavy atom. The Balaban J connectivity index is 0.00000288. The Labute approximate surface area is 147 Å². The van der Waals surface area contributed by atoms with Gasteiger partial charge in [0.1, 0.15) is 12.0 Å². The fraction of sp³-hybridized carbons (Fsp3) is 0.294. The van der Waals surface area contributed by atoms with E-state index < -0.39 is 0 Å². The molecule has 0 radical (unpaired) electrons. The number of anilines is 1. The normalized spacial score (nSPS) is 9.92. The molecule has 0 aliphatic carbocycles. The van der Waals surface area contributed by atoms with Gasteiger partial charge in [-0.2, -0.15) is 0 Å². The predicted octanol–water partition coefficient (Wildman–Crippen LogP) is 2.83. The minimum Gasteiger partial charge on any atom is -0.467 e. The molecule has 0 aliphatic heterocycles. The first-order valence-electron chi connectivity index (χ1n) is 7.57. The van der Waals surface area contributed by atoms with Gasteiger partial charge >= 0.3 is 0 Å². The van der Waals surface area contributed by atoms with Crippen LogP contribution in [0.4, 0.5) is 5.69 Å². The van der Waals surface area contributed by atoms with Crippen LogP contribution in [0.1, 0.15) is 41.4 Å². The van der Waals surface area contributed by atoms with Gasteiger partial charge in [-0.1, -0.05) is 19.1 Å².